The van der Waals surface area contributed by atoms with Gasteiger partial charge >= 0.3 is 12.1 Å². The summed E-state index contributed by atoms with van der Waals surface area (Å²) in [7, 11) is 0. The average molecular weight is 283 g/mol. The molecular formula is C14H21NO5. The molecule has 0 radical (unpaired) electrons. The minimum atomic E-state index is -0.585. The van der Waals surface area contributed by atoms with Gasteiger partial charge in [0.15, 0.2) is 0 Å². The minimum Gasteiger partial charge on any atom is -0.466 e. The van der Waals surface area contributed by atoms with Gasteiger partial charge in [0.1, 0.15) is 11.5 Å². The third-order valence-corrected chi connectivity index (χ3v) is 3.14. The zero-order valence-corrected chi connectivity index (χ0v) is 12.2. The number of hydrogen-bond acceptors (Lipinski definition) is 5. The van der Waals surface area contributed by atoms with E-state index in [0.717, 1.165) is 0 Å². The summed E-state index contributed by atoms with van der Waals surface area (Å²) in [6, 6.07) is -0.445. The second kappa shape index (κ2) is 5.44. The highest BCUT2D eigenvalue weighted by molar-refractivity contribution is 5.77. The van der Waals surface area contributed by atoms with Crippen molar-refractivity contribution in [3.8, 4) is 0 Å². The van der Waals surface area contributed by atoms with Gasteiger partial charge in [0, 0.05) is 0 Å². The number of alkyl carbamates (subject to hydrolysis) is 1. The number of ether oxygens (including phenoxy) is 3. The van der Waals surface area contributed by atoms with Crippen LogP contribution in [0.3, 0.4) is 0 Å². The van der Waals surface area contributed by atoms with Crippen LogP contribution in [0.5, 0.6) is 0 Å². The van der Waals surface area contributed by atoms with E-state index in [1.54, 1.807) is 27.7 Å². The van der Waals surface area contributed by atoms with E-state index in [0.29, 0.717) is 6.61 Å². The van der Waals surface area contributed by atoms with Gasteiger partial charge in [-0.1, -0.05) is 12.2 Å². The Kier molecular flexibility index (Phi) is 4.04. The first-order valence-electron chi connectivity index (χ1n) is 6.82. The standard InChI is InChI=1S/C14H21NO5/c1-5-18-12(16)10-8-6-7-9(19-8)11(10)15-13(17)20-14(2,3)4/h6-11H,5H2,1-4H3,(H,15,17)/t8-,9+,10-,11-/m1/s1. The van der Waals surface area contributed by atoms with E-state index in [4.69, 9.17) is 14.2 Å². The molecule has 6 heteroatoms. The molecule has 1 N–H and O–H groups in total. The molecule has 0 spiro atoms. The van der Waals surface area contributed by atoms with Crippen molar-refractivity contribution >= 4 is 12.1 Å². The zero-order valence-electron chi connectivity index (χ0n) is 12.2. The van der Waals surface area contributed by atoms with E-state index < -0.39 is 23.7 Å². The van der Waals surface area contributed by atoms with Crippen LogP contribution < -0.4 is 5.32 Å². The highest BCUT2D eigenvalue weighted by Gasteiger charge is 2.51. The quantitative estimate of drug-likeness (QED) is 0.626. The Labute approximate surface area is 118 Å². The van der Waals surface area contributed by atoms with Gasteiger partial charge < -0.3 is 19.5 Å². The fourth-order valence-corrected chi connectivity index (χ4v) is 2.44. The second-order valence-electron chi connectivity index (χ2n) is 5.90. The predicted molar refractivity (Wildman–Crippen MR) is 71.1 cm³/mol. The van der Waals surface area contributed by atoms with Gasteiger partial charge in [-0.25, -0.2) is 4.79 Å². The molecule has 2 bridgehead atoms. The molecule has 0 aromatic carbocycles. The summed E-state index contributed by atoms with van der Waals surface area (Å²) in [6.07, 6.45) is 2.49. The molecule has 4 atom stereocenters. The van der Waals surface area contributed by atoms with E-state index in [2.05, 4.69) is 5.32 Å². The smallest absolute Gasteiger partial charge is 0.407 e. The molecule has 112 valence electrons. The minimum absolute atomic E-state index is 0.301. The fraction of sp³-hybridized carbons (Fsp3) is 0.714. The lowest BCUT2D eigenvalue weighted by atomic mass is 9.89. The van der Waals surface area contributed by atoms with Crippen molar-refractivity contribution in [2.75, 3.05) is 6.61 Å². The van der Waals surface area contributed by atoms with Gasteiger partial charge in [-0.05, 0) is 27.7 Å². The van der Waals surface area contributed by atoms with Gasteiger partial charge in [0.05, 0.1) is 24.9 Å². The van der Waals surface area contributed by atoms with Crippen LogP contribution in [0.15, 0.2) is 12.2 Å². The highest BCUT2D eigenvalue weighted by atomic mass is 16.6. The van der Waals surface area contributed by atoms with Crippen LogP contribution >= 0.6 is 0 Å². The molecule has 2 rings (SSSR count). The Balaban J connectivity index is 2.03. The van der Waals surface area contributed by atoms with Crippen molar-refractivity contribution in [1.29, 1.82) is 0 Å². The lowest BCUT2D eigenvalue weighted by molar-refractivity contribution is -0.149. The number of carbonyl (C=O) groups excluding carboxylic acids is 2. The number of rotatable bonds is 3. The molecule has 0 aromatic rings. The lowest BCUT2D eigenvalue weighted by Crippen LogP contribution is -2.50. The van der Waals surface area contributed by atoms with Crippen LogP contribution in [0.4, 0.5) is 4.79 Å². The Hall–Kier alpha value is -1.56. The highest BCUT2D eigenvalue weighted by Crippen LogP contribution is 2.35. The Morgan fingerprint density at radius 3 is 2.50 bits per heavy atom. The van der Waals surface area contributed by atoms with E-state index in [9.17, 15) is 9.59 Å². The molecular weight excluding hydrogens is 262 g/mol. The summed E-state index contributed by atoms with van der Waals surface area (Å²) in [4.78, 5) is 23.8. The molecule has 0 aromatic heterocycles. The number of amides is 1. The monoisotopic (exact) mass is 283 g/mol. The summed E-state index contributed by atoms with van der Waals surface area (Å²) >= 11 is 0. The maximum absolute atomic E-state index is 12.0. The van der Waals surface area contributed by atoms with Crippen molar-refractivity contribution in [2.24, 2.45) is 5.92 Å². The number of esters is 1. The summed E-state index contributed by atoms with van der Waals surface area (Å²) in [5.74, 6) is -0.872. The number of hydrogen-bond donors (Lipinski definition) is 1. The lowest BCUT2D eigenvalue weighted by Gasteiger charge is -2.26. The first-order valence-corrected chi connectivity index (χ1v) is 6.82. The van der Waals surface area contributed by atoms with Crippen molar-refractivity contribution < 1.29 is 23.8 Å². The molecule has 2 aliphatic rings. The first-order chi connectivity index (χ1) is 9.31. The van der Waals surface area contributed by atoms with Gasteiger partial charge in [0.25, 0.3) is 0 Å². The molecule has 6 nitrogen and oxygen atoms in total. The third-order valence-electron chi connectivity index (χ3n) is 3.14. The molecule has 1 fully saturated rings. The van der Waals surface area contributed by atoms with E-state index >= 15 is 0 Å². The van der Waals surface area contributed by atoms with Crippen LogP contribution in [0, 0.1) is 5.92 Å². The van der Waals surface area contributed by atoms with E-state index in [-0.39, 0.29) is 18.2 Å². The van der Waals surface area contributed by atoms with Crippen molar-refractivity contribution in [3.05, 3.63) is 12.2 Å². The summed E-state index contributed by atoms with van der Waals surface area (Å²) in [6.45, 7) is 7.40. The Bertz CT molecular complexity index is 426. The molecule has 0 aliphatic carbocycles. The van der Waals surface area contributed by atoms with E-state index in [1.165, 1.54) is 0 Å². The fourth-order valence-electron chi connectivity index (χ4n) is 2.44. The summed E-state index contributed by atoms with van der Waals surface area (Å²) in [5, 5.41) is 2.72. The van der Waals surface area contributed by atoms with Crippen LogP contribution in [-0.2, 0) is 19.0 Å². The maximum atomic E-state index is 12.0. The average Bonchev–Trinajstić information content (AvgIpc) is 2.86. The van der Waals surface area contributed by atoms with E-state index in [1.807, 2.05) is 12.2 Å². The van der Waals surface area contributed by atoms with Crippen molar-refractivity contribution in [2.45, 2.75) is 51.5 Å². The number of fused-ring (bicyclic) bond motifs is 2. The predicted octanol–water partition coefficient (Wildman–Crippen LogP) is 1.40. The molecule has 0 unspecified atom stereocenters. The second-order valence-corrected chi connectivity index (χ2v) is 5.90. The molecule has 20 heavy (non-hydrogen) atoms. The molecule has 2 aliphatic heterocycles. The first kappa shape index (κ1) is 14.8. The largest absolute Gasteiger partial charge is 0.466 e. The van der Waals surface area contributed by atoms with Gasteiger partial charge in [-0.15, -0.1) is 0 Å². The maximum Gasteiger partial charge on any atom is 0.407 e. The zero-order chi connectivity index (χ0) is 14.9. The van der Waals surface area contributed by atoms with Gasteiger partial charge in [0.2, 0.25) is 0 Å². The summed E-state index contributed by atoms with van der Waals surface area (Å²) < 4.78 is 15.9. The molecule has 2 heterocycles. The molecule has 0 saturated carbocycles. The normalized spacial score (nSPS) is 31.2. The Morgan fingerprint density at radius 2 is 1.90 bits per heavy atom. The topological polar surface area (TPSA) is 73.9 Å². The Morgan fingerprint density at radius 1 is 1.25 bits per heavy atom. The SMILES string of the molecule is CCOC(=O)[C@H]1[C@H](NC(=O)OC(C)(C)C)[C@@H]2C=C[C@H]1O2. The van der Waals surface area contributed by atoms with Crippen LogP contribution in [0.25, 0.3) is 0 Å². The van der Waals surface area contributed by atoms with Crippen LogP contribution in [0.2, 0.25) is 0 Å². The third kappa shape index (κ3) is 3.12. The van der Waals surface area contributed by atoms with Crippen LogP contribution in [-0.4, -0.2) is 42.5 Å². The number of nitrogens with one attached hydrogen (secondary N) is 1. The number of carbonyl (C=O) groups is 2. The van der Waals surface area contributed by atoms with Gasteiger partial charge in [-0.3, -0.25) is 4.79 Å². The molecule has 1 amide bonds. The van der Waals surface area contributed by atoms with Crippen LogP contribution in [0.1, 0.15) is 27.7 Å². The van der Waals surface area contributed by atoms with Crippen molar-refractivity contribution in [1.82, 2.24) is 5.32 Å². The molecule has 1 saturated heterocycles. The van der Waals surface area contributed by atoms with Gasteiger partial charge in [-0.2, -0.15) is 0 Å². The summed E-state index contributed by atoms with van der Waals surface area (Å²) in [5.41, 5.74) is -0.585. The van der Waals surface area contributed by atoms with Crippen molar-refractivity contribution in [3.63, 3.8) is 0 Å².